The summed E-state index contributed by atoms with van der Waals surface area (Å²) in [6.45, 7) is 1.89. The molecule has 0 spiro atoms. The predicted octanol–water partition coefficient (Wildman–Crippen LogP) is 2.96. The number of rotatable bonds is 5. The minimum absolute atomic E-state index is 0.385. The lowest BCUT2D eigenvalue weighted by Gasteiger charge is -2.15. The number of carbonyl (C=O) groups excluding carboxylic acids is 1. The summed E-state index contributed by atoms with van der Waals surface area (Å²) < 4.78 is 37.7. The molecule has 0 saturated carbocycles. The number of nitrogens with one attached hydrogen (secondary N) is 1. The number of carbonyl (C=O) groups is 1. The van der Waals surface area contributed by atoms with E-state index >= 15 is 0 Å². The topological polar surface area (TPSA) is 55.1 Å². The third kappa shape index (κ3) is 4.76. The summed E-state index contributed by atoms with van der Waals surface area (Å²) in [4.78, 5) is 11.9. The molecular formula is C12H15F3N2OS. The molecule has 1 aromatic carbocycles. The van der Waals surface area contributed by atoms with Gasteiger partial charge in [-0.05, 0) is 24.6 Å². The summed E-state index contributed by atoms with van der Waals surface area (Å²) in [5, 5.41) is -0.488. The van der Waals surface area contributed by atoms with Crippen molar-refractivity contribution in [1.82, 2.24) is 5.43 Å². The van der Waals surface area contributed by atoms with Gasteiger partial charge in [-0.25, -0.2) is 5.84 Å². The van der Waals surface area contributed by atoms with E-state index in [2.05, 4.69) is 0 Å². The Kier molecular flexibility index (Phi) is 5.68. The van der Waals surface area contributed by atoms with Gasteiger partial charge in [0.1, 0.15) is 0 Å². The van der Waals surface area contributed by atoms with Crippen molar-refractivity contribution in [2.75, 3.05) is 0 Å². The Morgan fingerprint density at radius 3 is 2.68 bits per heavy atom. The van der Waals surface area contributed by atoms with Crippen LogP contribution in [-0.2, 0) is 11.0 Å². The Labute approximate surface area is 113 Å². The summed E-state index contributed by atoms with van der Waals surface area (Å²) in [6, 6.07) is 4.92. The SMILES string of the molecule is CCCC(Sc1cccc(C(F)(F)F)c1)C(=O)NN. The minimum Gasteiger partial charge on any atom is -0.293 e. The van der Waals surface area contributed by atoms with Crippen LogP contribution >= 0.6 is 11.8 Å². The lowest BCUT2D eigenvalue weighted by molar-refractivity contribution is -0.137. The van der Waals surface area contributed by atoms with Gasteiger partial charge in [0.15, 0.2) is 0 Å². The van der Waals surface area contributed by atoms with Gasteiger partial charge in [0, 0.05) is 4.90 Å². The van der Waals surface area contributed by atoms with Crippen molar-refractivity contribution in [3.63, 3.8) is 0 Å². The molecular weight excluding hydrogens is 277 g/mol. The van der Waals surface area contributed by atoms with Crippen molar-refractivity contribution in [2.24, 2.45) is 5.84 Å². The number of hydrogen-bond acceptors (Lipinski definition) is 3. The van der Waals surface area contributed by atoms with Gasteiger partial charge in [-0.1, -0.05) is 19.4 Å². The van der Waals surface area contributed by atoms with Crippen LogP contribution in [-0.4, -0.2) is 11.2 Å². The van der Waals surface area contributed by atoms with Gasteiger partial charge in [0.2, 0.25) is 5.91 Å². The average molecular weight is 292 g/mol. The van der Waals surface area contributed by atoms with Gasteiger partial charge < -0.3 is 0 Å². The Morgan fingerprint density at radius 1 is 1.47 bits per heavy atom. The van der Waals surface area contributed by atoms with E-state index in [4.69, 9.17) is 5.84 Å². The molecule has 0 fully saturated rings. The Bertz CT molecular complexity index is 437. The fourth-order valence-corrected chi connectivity index (χ4v) is 2.72. The van der Waals surface area contributed by atoms with Gasteiger partial charge in [0.25, 0.3) is 0 Å². The molecule has 1 unspecified atom stereocenters. The van der Waals surface area contributed by atoms with E-state index in [0.717, 1.165) is 30.3 Å². The van der Waals surface area contributed by atoms with E-state index in [-0.39, 0.29) is 5.91 Å². The maximum Gasteiger partial charge on any atom is 0.416 e. The van der Waals surface area contributed by atoms with Gasteiger partial charge in [-0.3, -0.25) is 10.2 Å². The highest BCUT2D eigenvalue weighted by atomic mass is 32.2. The first kappa shape index (κ1) is 15.8. The average Bonchev–Trinajstić information content (AvgIpc) is 2.36. The second-order valence-electron chi connectivity index (χ2n) is 3.93. The quantitative estimate of drug-likeness (QED) is 0.380. The highest BCUT2D eigenvalue weighted by Crippen LogP contribution is 2.33. The standard InChI is InChI=1S/C12H15F3N2OS/c1-2-4-10(11(18)17-16)19-9-6-3-5-8(7-9)12(13,14)15/h3,5-7,10H,2,4,16H2,1H3,(H,17,18). The van der Waals surface area contributed by atoms with Crippen molar-refractivity contribution >= 4 is 17.7 Å². The van der Waals surface area contributed by atoms with Crippen LogP contribution in [0.15, 0.2) is 29.2 Å². The van der Waals surface area contributed by atoms with E-state index < -0.39 is 17.0 Å². The summed E-state index contributed by atoms with van der Waals surface area (Å²) in [6.07, 6.45) is -3.10. The molecule has 0 saturated heterocycles. The summed E-state index contributed by atoms with van der Waals surface area (Å²) >= 11 is 1.08. The predicted molar refractivity (Wildman–Crippen MR) is 68.3 cm³/mol. The van der Waals surface area contributed by atoms with Crippen molar-refractivity contribution in [1.29, 1.82) is 0 Å². The van der Waals surface area contributed by atoms with Crippen LogP contribution in [0.1, 0.15) is 25.3 Å². The molecule has 3 nitrogen and oxygen atoms in total. The van der Waals surface area contributed by atoms with Crippen LogP contribution in [0.4, 0.5) is 13.2 Å². The molecule has 1 rings (SSSR count). The normalized spacial score (nSPS) is 13.1. The second-order valence-corrected chi connectivity index (χ2v) is 5.21. The minimum atomic E-state index is -4.38. The van der Waals surface area contributed by atoms with Gasteiger partial charge in [0.05, 0.1) is 10.8 Å². The highest BCUT2D eigenvalue weighted by Gasteiger charge is 2.30. The van der Waals surface area contributed by atoms with Crippen molar-refractivity contribution < 1.29 is 18.0 Å². The number of thioether (sulfide) groups is 1. The first-order valence-corrected chi connectivity index (χ1v) is 6.60. The zero-order chi connectivity index (χ0) is 14.5. The van der Waals surface area contributed by atoms with Crippen LogP contribution in [0, 0.1) is 0 Å². The van der Waals surface area contributed by atoms with Crippen LogP contribution in [0.25, 0.3) is 0 Å². The largest absolute Gasteiger partial charge is 0.416 e. The fourth-order valence-electron chi connectivity index (χ4n) is 1.51. The molecule has 7 heteroatoms. The summed E-state index contributed by atoms with van der Waals surface area (Å²) in [5.41, 5.74) is 1.31. The molecule has 0 aliphatic carbocycles. The molecule has 1 atom stereocenters. The van der Waals surface area contributed by atoms with Crippen LogP contribution < -0.4 is 11.3 Å². The summed E-state index contributed by atoms with van der Waals surface area (Å²) in [5.74, 6) is 4.68. The van der Waals surface area contributed by atoms with Gasteiger partial charge >= 0.3 is 6.18 Å². The zero-order valence-corrected chi connectivity index (χ0v) is 11.1. The maximum atomic E-state index is 12.6. The molecule has 0 aromatic heterocycles. The highest BCUT2D eigenvalue weighted by molar-refractivity contribution is 8.00. The molecule has 0 aliphatic heterocycles. The molecule has 19 heavy (non-hydrogen) atoms. The number of hydrogen-bond donors (Lipinski definition) is 2. The molecule has 0 heterocycles. The molecule has 0 aliphatic rings. The molecule has 0 bridgehead atoms. The first-order valence-electron chi connectivity index (χ1n) is 5.72. The zero-order valence-electron chi connectivity index (χ0n) is 10.3. The molecule has 106 valence electrons. The first-order chi connectivity index (χ1) is 8.88. The number of benzene rings is 1. The number of amides is 1. The maximum absolute atomic E-state index is 12.6. The van der Waals surface area contributed by atoms with Crippen LogP contribution in [0.2, 0.25) is 0 Å². The fraction of sp³-hybridized carbons (Fsp3) is 0.417. The number of halogens is 3. The Morgan fingerprint density at radius 2 is 2.16 bits per heavy atom. The van der Waals surface area contributed by atoms with Gasteiger partial charge in [-0.2, -0.15) is 13.2 Å². The van der Waals surface area contributed by atoms with E-state index in [9.17, 15) is 18.0 Å². The van der Waals surface area contributed by atoms with Crippen LogP contribution in [0.5, 0.6) is 0 Å². The molecule has 3 N–H and O–H groups in total. The number of hydrazine groups is 1. The lowest BCUT2D eigenvalue weighted by Crippen LogP contribution is -2.37. The number of nitrogens with two attached hydrogens (primary N) is 1. The molecule has 1 aromatic rings. The number of alkyl halides is 3. The van der Waals surface area contributed by atoms with Crippen molar-refractivity contribution in [3.8, 4) is 0 Å². The van der Waals surface area contributed by atoms with E-state index in [1.165, 1.54) is 6.07 Å². The summed E-state index contributed by atoms with van der Waals surface area (Å²) in [7, 11) is 0. The van der Waals surface area contributed by atoms with Crippen molar-refractivity contribution in [3.05, 3.63) is 29.8 Å². The Hall–Kier alpha value is -1.21. The smallest absolute Gasteiger partial charge is 0.293 e. The van der Waals surface area contributed by atoms with Gasteiger partial charge in [-0.15, -0.1) is 11.8 Å². The second kappa shape index (κ2) is 6.81. The van der Waals surface area contributed by atoms with E-state index in [0.29, 0.717) is 11.3 Å². The van der Waals surface area contributed by atoms with Crippen LogP contribution in [0.3, 0.4) is 0 Å². The Balaban J connectivity index is 2.88. The van der Waals surface area contributed by atoms with Crippen molar-refractivity contribution in [2.45, 2.75) is 36.1 Å². The third-order valence-electron chi connectivity index (χ3n) is 2.43. The van der Waals surface area contributed by atoms with E-state index in [1.54, 1.807) is 6.07 Å². The van der Waals surface area contributed by atoms with E-state index in [1.807, 2.05) is 12.3 Å². The molecule has 1 amide bonds. The molecule has 0 radical (unpaired) electrons. The monoisotopic (exact) mass is 292 g/mol. The third-order valence-corrected chi connectivity index (χ3v) is 3.69. The lowest BCUT2D eigenvalue weighted by atomic mass is 10.2.